The summed E-state index contributed by atoms with van der Waals surface area (Å²) in [5, 5.41) is 17.6. The van der Waals surface area contributed by atoms with Crippen molar-refractivity contribution < 1.29 is 14.7 Å². The summed E-state index contributed by atoms with van der Waals surface area (Å²) < 4.78 is 0. The second-order valence-corrected chi connectivity index (χ2v) is 8.48. The minimum Gasteiger partial charge on any atom is -0.481 e. The summed E-state index contributed by atoms with van der Waals surface area (Å²) in [4.78, 5) is 30.4. The van der Waals surface area contributed by atoms with Gasteiger partial charge in [0.05, 0.1) is 13.0 Å². The number of aryl methyl sites for hydroxylation is 1. The minimum atomic E-state index is -0.892. The van der Waals surface area contributed by atoms with Crippen molar-refractivity contribution in [1.29, 1.82) is 5.41 Å². The molecular weight excluding hydrogens is 366 g/mol. The van der Waals surface area contributed by atoms with E-state index in [4.69, 9.17) is 5.41 Å². The molecule has 0 saturated carbocycles. The maximum Gasteiger partial charge on any atom is 0.307 e. The highest BCUT2D eigenvalue weighted by Gasteiger charge is 2.28. The molecule has 6 nitrogen and oxygen atoms in total. The highest BCUT2D eigenvalue weighted by molar-refractivity contribution is 6.04. The number of ketones is 1. The molecule has 1 aromatic heterocycles. The van der Waals surface area contributed by atoms with Gasteiger partial charge in [0, 0.05) is 23.4 Å². The summed E-state index contributed by atoms with van der Waals surface area (Å²) in [7, 11) is 0. The molecule has 2 aromatic rings. The van der Waals surface area contributed by atoms with Gasteiger partial charge in [0.1, 0.15) is 11.5 Å². The molecule has 6 heteroatoms. The lowest BCUT2D eigenvalue weighted by atomic mass is 9.81. The van der Waals surface area contributed by atoms with E-state index in [0.717, 1.165) is 28.8 Å². The number of carboxylic acid groups (broad SMARTS) is 1. The van der Waals surface area contributed by atoms with Crippen LogP contribution in [0.4, 0.5) is 0 Å². The zero-order valence-corrected chi connectivity index (χ0v) is 17.4. The Balaban J connectivity index is 1.82. The average molecular weight is 393 g/mol. The van der Waals surface area contributed by atoms with Crippen LogP contribution in [-0.4, -0.2) is 39.1 Å². The largest absolute Gasteiger partial charge is 0.481 e. The molecule has 2 heterocycles. The average Bonchev–Trinajstić information content (AvgIpc) is 2.95. The topological polar surface area (TPSA) is 94.4 Å². The molecule has 0 atom stereocenters. The number of hydrogen-bond acceptors (Lipinski definition) is 4. The van der Waals surface area contributed by atoms with E-state index in [1.54, 1.807) is 23.1 Å². The molecule has 1 aliphatic rings. The van der Waals surface area contributed by atoms with Crippen LogP contribution in [0.3, 0.4) is 0 Å². The second kappa shape index (κ2) is 7.78. The summed E-state index contributed by atoms with van der Waals surface area (Å²) in [6.07, 6.45) is 0.732. The number of Topliss-reactive ketones (excluding diaryl/α,β-unsaturated/α-hetero) is 1. The summed E-state index contributed by atoms with van der Waals surface area (Å²) in [5.41, 5.74) is 4.40. The molecule has 0 bridgehead atoms. The smallest absolute Gasteiger partial charge is 0.307 e. The molecule has 152 valence electrons. The van der Waals surface area contributed by atoms with Gasteiger partial charge in [0.25, 0.3) is 0 Å². The highest BCUT2D eigenvalue weighted by atomic mass is 16.4. The van der Waals surface area contributed by atoms with E-state index in [1.807, 2.05) is 39.8 Å². The maximum absolute atomic E-state index is 13.0. The number of rotatable bonds is 6. The fraction of sp³-hybridized carbons (Fsp3) is 0.391. The molecule has 1 aromatic carbocycles. The molecule has 3 rings (SSSR count). The van der Waals surface area contributed by atoms with Crippen LogP contribution in [0, 0.1) is 5.41 Å². The quantitative estimate of drug-likeness (QED) is 0.732. The lowest BCUT2D eigenvalue weighted by molar-refractivity contribution is -0.136. The van der Waals surface area contributed by atoms with E-state index in [9.17, 15) is 14.7 Å². The third-order valence-corrected chi connectivity index (χ3v) is 5.22. The van der Waals surface area contributed by atoms with Gasteiger partial charge in [0.15, 0.2) is 5.78 Å². The summed E-state index contributed by atoms with van der Waals surface area (Å²) in [6, 6.07) is 9.19. The van der Waals surface area contributed by atoms with Crippen LogP contribution >= 0.6 is 0 Å². The van der Waals surface area contributed by atoms with Crippen LogP contribution in [-0.2, 0) is 29.6 Å². The number of carbonyl (C=O) groups excluding carboxylic acids is 1. The molecule has 0 saturated heterocycles. The van der Waals surface area contributed by atoms with Gasteiger partial charge < -0.3 is 10.0 Å². The van der Waals surface area contributed by atoms with E-state index in [0.29, 0.717) is 17.8 Å². The fourth-order valence-electron chi connectivity index (χ4n) is 3.66. The summed E-state index contributed by atoms with van der Waals surface area (Å²) in [6.45, 7) is 8.64. The number of nitrogens with one attached hydrogen (secondary N) is 1. The molecule has 29 heavy (non-hydrogen) atoms. The first-order chi connectivity index (χ1) is 13.6. The van der Waals surface area contributed by atoms with Gasteiger partial charge >= 0.3 is 5.97 Å². The first-order valence-electron chi connectivity index (χ1n) is 9.81. The molecule has 0 radical (unpaired) electrons. The third-order valence-electron chi connectivity index (χ3n) is 5.22. The van der Waals surface area contributed by atoms with Gasteiger partial charge in [-0.1, -0.05) is 45.9 Å². The van der Waals surface area contributed by atoms with Crippen LogP contribution in [0.15, 0.2) is 30.3 Å². The van der Waals surface area contributed by atoms with Crippen molar-refractivity contribution in [1.82, 2.24) is 9.88 Å². The molecule has 1 aliphatic heterocycles. The predicted molar refractivity (Wildman–Crippen MR) is 112 cm³/mol. The number of pyridine rings is 1. The molecule has 0 aliphatic carbocycles. The lowest BCUT2D eigenvalue weighted by Crippen LogP contribution is -2.30. The van der Waals surface area contributed by atoms with Crippen molar-refractivity contribution in [3.05, 3.63) is 64.0 Å². The van der Waals surface area contributed by atoms with Crippen LogP contribution < -0.4 is 0 Å². The summed E-state index contributed by atoms with van der Waals surface area (Å²) in [5.74, 6) is -0.704. The first-order valence-corrected chi connectivity index (χ1v) is 9.81. The number of aliphatic carboxylic acids is 1. The zero-order chi connectivity index (χ0) is 21.3. The van der Waals surface area contributed by atoms with Crippen molar-refractivity contribution in [2.75, 3.05) is 6.54 Å². The monoisotopic (exact) mass is 393 g/mol. The zero-order valence-electron chi connectivity index (χ0n) is 17.4. The fourth-order valence-corrected chi connectivity index (χ4v) is 3.66. The molecule has 0 fully saturated rings. The molecule has 0 amide bonds. The number of aromatic nitrogens is 1. The van der Waals surface area contributed by atoms with Crippen molar-refractivity contribution >= 4 is 17.6 Å². The Hall–Kier alpha value is -3.02. The standard InChI is InChI=1S/C23H27N3O3/c1-5-17-9-8-16-12-26(22(24)21(16)25-17)13-19(27)15-7-6-14(11-20(28)29)18(10-15)23(2,3)4/h6-10,24H,5,11-13H2,1-4H3,(H,28,29). The van der Waals surface area contributed by atoms with Crippen molar-refractivity contribution in [2.45, 2.75) is 52.5 Å². The van der Waals surface area contributed by atoms with Crippen molar-refractivity contribution in [2.24, 2.45) is 0 Å². The minimum absolute atomic E-state index is 0.0708. The Morgan fingerprint density at radius 1 is 1.21 bits per heavy atom. The highest BCUT2D eigenvalue weighted by Crippen LogP contribution is 2.28. The van der Waals surface area contributed by atoms with E-state index >= 15 is 0 Å². The number of nitrogens with zero attached hydrogens (tertiary/aromatic N) is 2. The Labute approximate surface area is 171 Å². The Morgan fingerprint density at radius 2 is 1.93 bits per heavy atom. The number of hydrogen-bond donors (Lipinski definition) is 2. The number of benzene rings is 1. The number of amidine groups is 1. The van der Waals surface area contributed by atoms with Gasteiger partial charge in [-0.15, -0.1) is 0 Å². The van der Waals surface area contributed by atoms with Crippen LogP contribution in [0.5, 0.6) is 0 Å². The molecule has 0 unspecified atom stereocenters. The van der Waals surface area contributed by atoms with Gasteiger partial charge in [-0.3, -0.25) is 15.0 Å². The van der Waals surface area contributed by atoms with E-state index in [-0.39, 0.29) is 30.0 Å². The number of carboxylic acids is 1. The van der Waals surface area contributed by atoms with Gasteiger partial charge in [-0.25, -0.2) is 4.98 Å². The van der Waals surface area contributed by atoms with Gasteiger partial charge in [0.2, 0.25) is 0 Å². The van der Waals surface area contributed by atoms with Crippen LogP contribution in [0.2, 0.25) is 0 Å². The molecular formula is C23H27N3O3. The Bertz CT molecular complexity index is 989. The van der Waals surface area contributed by atoms with Crippen molar-refractivity contribution in [3.63, 3.8) is 0 Å². The van der Waals surface area contributed by atoms with Crippen LogP contribution in [0.25, 0.3) is 0 Å². The van der Waals surface area contributed by atoms with E-state index in [2.05, 4.69) is 4.98 Å². The molecule has 2 N–H and O–H groups in total. The number of carbonyl (C=O) groups is 2. The van der Waals surface area contributed by atoms with Crippen molar-refractivity contribution in [3.8, 4) is 0 Å². The summed E-state index contributed by atoms with van der Waals surface area (Å²) >= 11 is 0. The van der Waals surface area contributed by atoms with E-state index in [1.165, 1.54) is 0 Å². The Morgan fingerprint density at radius 3 is 2.55 bits per heavy atom. The van der Waals surface area contributed by atoms with Gasteiger partial charge in [-0.2, -0.15) is 0 Å². The van der Waals surface area contributed by atoms with Gasteiger partial charge in [-0.05, 0) is 35.1 Å². The Kier molecular flexibility index (Phi) is 5.55. The SMILES string of the molecule is CCc1ccc2c(n1)C(=N)N(CC(=O)c1ccc(CC(=O)O)c(C(C)(C)C)c1)C2. The van der Waals surface area contributed by atoms with Crippen LogP contribution in [0.1, 0.15) is 66.1 Å². The molecule has 0 spiro atoms. The van der Waals surface area contributed by atoms with E-state index < -0.39 is 5.97 Å². The predicted octanol–water partition coefficient (Wildman–Crippen LogP) is 3.59. The second-order valence-electron chi connectivity index (χ2n) is 8.48. The number of fused-ring (bicyclic) bond motifs is 1. The third kappa shape index (κ3) is 4.36. The normalized spacial score (nSPS) is 13.5. The maximum atomic E-state index is 13.0. The first kappa shape index (κ1) is 20.7. The lowest BCUT2D eigenvalue weighted by Gasteiger charge is -2.24.